The fourth-order valence-electron chi connectivity index (χ4n) is 1.46. The average Bonchev–Trinajstić information content (AvgIpc) is 2.88. The number of thiazole rings is 1. The van der Waals surface area contributed by atoms with E-state index in [2.05, 4.69) is 4.98 Å². The van der Waals surface area contributed by atoms with E-state index in [4.69, 9.17) is 16.7 Å². The quantitative estimate of drug-likeness (QED) is 0.927. The maximum absolute atomic E-state index is 14.7. The number of aromatic nitrogens is 1. The molecule has 0 bridgehead atoms. The van der Waals surface area contributed by atoms with Crippen LogP contribution in [0.15, 0.2) is 35.7 Å². The number of alkyl halides is 1. The Kier molecular flexibility index (Phi) is 5.44. The monoisotopic (exact) mass is 301 g/mol. The summed E-state index contributed by atoms with van der Waals surface area (Å²) in [5, 5.41) is 10.4. The number of aliphatic carboxylic acids is 1. The van der Waals surface area contributed by atoms with Gasteiger partial charge in [-0.3, -0.25) is 0 Å². The van der Waals surface area contributed by atoms with E-state index in [1.54, 1.807) is 18.2 Å². The Bertz CT molecular complexity index is 547. The summed E-state index contributed by atoms with van der Waals surface area (Å²) in [4.78, 5) is 14.9. The van der Waals surface area contributed by atoms with Crippen molar-refractivity contribution in [2.24, 2.45) is 0 Å². The van der Waals surface area contributed by atoms with Crippen LogP contribution in [-0.4, -0.2) is 16.1 Å². The molecular formula is C13H13ClFNO2S. The molecule has 0 saturated heterocycles. The number of hydrogen-bond acceptors (Lipinski definition) is 3. The topological polar surface area (TPSA) is 50.2 Å². The lowest BCUT2D eigenvalue weighted by Gasteiger charge is -2.18. The molecule has 0 amide bonds. The molecule has 0 aliphatic carbocycles. The van der Waals surface area contributed by atoms with Crippen molar-refractivity contribution in [3.63, 3.8) is 0 Å². The van der Waals surface area contributed by atoms with Gasteiger partial charge in [0, 0.05) is 10.9 Å². The Morgan fingerprint density at radius 1 is 1.37 bits per heavy atom. The molecule has 6 heteroatoms. The number of benzene rings is 1. The lowest BCUT2D eigenvalue weighted by molar-refractivity contribution is -0.148. The summed E-state index contributed by atoms with van der Waals surface area (Å²) in [6, 6.07) is 7.63. The Morgan fingerprint density at radius 2 is 1.95 bits per heavy atom. The number of halogens is 2. The molecule has 0 saturated carbocycles. The summed E-state index contributed by atoms with van der Waals surface area (Å²) in [7, 11) is 0. The number of rotatable bonds is 3. The molecule has 3 nitrogen and oxygen atoms in total. The van der Waals surface area contributed by atoms with Crippen LogP contribution in [0.25, 0.3) is 0 Å². The van der Waals surface area contributed by atoms with Crippen molar-refractivity contribution in [3.05, 3.63) is 51.4 Å². The Labute approximate surface area is 119 Å². The van der Waals surface area contributed by atoms with Gasteiger partial charge in [0.25, 0.3) is 5.67 Å². The highest BCUT2D eigenvalue weighted by Crippen LogP contribution is 2.35. The molecule has 0 spiro atoms. The Balaban J connectivity index is 0.000000861. The van der Waals surface area contributed by atoms with Gasteiger partial charge in [-0.25, -0.2) is 14.2 Å². The highest BCUT2D eigenvalue weighted by atomic mass is 35.5. The smallest absolute Gasteiger partial charge is 0.352 e. The molecule has 0 radical (unpaired) electrons. The van der Waals surface area contributed by atoms with Crippen molar-refractivity contribution in [3.8, 4) is 0 Å². The third-order valence-electron chi connectivity index (χ3n) is 2.30. The fraction of sp³-hybridized carbons (Fsp3) is 0.231. The molecule has 102 valence electrons. The van der Waals surface area contributed by atoms with Gasteiger partial charge in [0.05, 0.1) is 0 Å². The van der Waals surface area contributed by atoms with Crippen LogP contribution < -0.4 is 0 Å². The molecule has 2 rings (SSSR count). The minimum Gasteiger partial charge on any atom is -0.478 e. The van der Waals surface area contributed by atoms with E-state index in [1.807, 2.05) is 13.8 Å². The van der Waals surface area contributed by atoms with E-state index in [9.17, 15) is 9.18 Å². The van der Waals surface area contributed by atoms with Crippen LogP contribution >= 0.6 is 22.9 Å². The lowest BCUT2D eigenvalue weighted by atomic mass is 9.93. The normalized spacial score (nSPS) is 13.1. The van der Waals surface area contributed by atoms with E-state index in [0.717, 1.165) is 11.3 Å². The number of carbonyl (C=O) groups is 1. The standard InChI is InChI=1S/C11H7ClFNO2S.C2H6/c12-10-14-8(6-17-10)11(13,9(15)16)7-4-2-1-3-5-7;1-2/h1-6H,(H,15,16);1-2H3. The largest absolute Gasteiger partial charge is 0.478 e. The van der Waals surface area contributed by atoms with Crippen molar-refractivity contribution in [2.45, 2.75) is 19.5 Å². The van der Waals surface area contributed by atoms with E-state index in [1.165, 1.54) is 17.5 Å². The fourth-order valence-corrected chi connectivity index (χ4v) is 2.26. The summed E-state index contributed by atoms with van der Waals surface area (Å²) in [6.07, 6.45) is 0. The van der Waals surface area contributed by atoms with Crippen molar-refractivity contribution < 1.29 is 14.3 Å². The SMILES string of the molecule is CC.O=C(O)C(F)(c1ccccc1)c1csc(Cl)n1. The second-order valence-electron chi connectivity index (χ2n) is 3.32. The molecule has 1 heterocycles. The molecule has 2 aromatic rings. The van der Waals surface area contributed by atoms with Gasteiger partial charge in [0.15, 0.2) is 4.47 Å². The van der Waals surface area contributed by atoms with Crippen LogP contribution in [0.3, 0.4) is 0 Å². The zero-order valence-corrected chi connectivity index (χ0v) is 12.0. The van der Waals surface area contributed by atoms with Crippen LogP contribution in [0.5, 0.6) is 0 Å². The number of carboxylic acid groups (broad SMARTS) is 1. The molecule has 1 aromatic carbocycles. The van der Waals surface area contributed by atoms with E-state index in [-0.39, 0.29) is 15.7 Å². The van der Waals surface area contributed by atoms with Crippen LogP contribution in [0.2, 0.25) is 4.47 Å². The highest BCUT2D eigenvalue weighted by Gasteiger charge is 2.45. The molecular weight excluding hydrogens is 289 g/mol. The van der Waals surface area contributed by atoms with Crippen LogP contribution in [0.4, 0.5) is 4.39 Å². The van der Waals surface area contributed by atoms with Gasteiger partial charge < -0.3 is 5.11 Å². The average molecular weight is 302 g/mol. The van der Waals surface area contributed by atoms with E-state index in [0.29, 0.717) is 0 Å². The van der Waals surface area contributed by atoms with E-state index < -0.39 is 11.6 Å². The third-order valence-corrected chi connectivity index (χ3v) is 3.27. The van der Waals surface area contributed by atoms with Gasteiger partial charge in [-0.05, 0) is 0 Å². The van der Waals surface area contributed by atoms with Gasteiger partial charge in [-0.15, -0.1) is 11.3 Å². The van der Waals surface area contributed by atoms with Gasteiger partial charge in [0.1, 0.15) is 5.69 Å². The van der Waals surface area contributed by atoms with Crippen molar-refractivity contribution in [2.75, 3.05) is 0 Å². The second-order valence-corrected chi connectivity index (χ2v) is 4.76. The number of nitrogens with zero attached hydrogens (tertiary/aromatic N) is 1. The first kappa shape index (κ1) is 15.6. The van der Waals surface area contributed by atoms with Crippen LogP contribution in [0, 0.1) is 0 Å². The number of hydrogen-bond donors (Lipinski definition) is 1. The molecule has 0 aliphatic heterocycles. The summed E-state index contributed by atoms with van der Waals surface area (Å²) >= 11 is 6.60. The van der Waals surface area contributed by atoms with E-state index >= 15 is 0 Å². The van der Waals surface area contributed by atoms with Crippen LogP contribution in [0.1, 0.15) is 25.1 Å². The molecule has 1 atom stereocenters. The van der Waals surface area contributed by atoms with Crippen molar-refractivity contribution in [1.82, 2.24) is 4.98 Å². The summed E-state index contributed by atoms with van der Waals surface area (Å²) in [6.45, 7) is 4.00. The first-order valence-electron chi connectivity index (χ1n) is 5.64. The summed E-state index contributed by atoms with van der Waals surface area (Å²) in [5.74, 6) is -1.61. The summed E-state index contributed by atoms with van der Waals surface area (Å²) < 4.78 is 14.8. The maximum Gasteiger partial charge on any atom is 0.352 e. The molecule has 1 aromatic heterocycles. The minimum atomic E-state index is -2.66. The third kappa shape index (κ3) is 3.11. The minimum absolute atomic E-state index is 0.0227. The molecule has 0 aliphatic rings. The molecule has 0 fully saturated rings. The van der Waals surface area contributed by atoms with Gasteiger partial charge in [-0.1, -0.05) is 55.8 Å². The Morgan fingerprint density at radius 3 is 2.37 bits per heavy atom. The maximum atomic E-state index is 14.7. The second kappa shape index (κ2) is 6.63. The van der Waals surface area contributed by atoms with Gasteiger partial charge in [0.2, 0.25) is 0 Å². The van der Waals surface area contributed by atoms with Gasteiger partial charge in [-0.2, -0.15) is 0 Å². The molecule has 1 N–H and O–H groups in total. The summed E-state index contributed by atoms with van der Waals surface area (Å²) in [5.41, 5.74) is -2.84. The van der Waals surface area contributed by atoms with Crippen molar-refractivity contribution in [1.29, 1.82) is 0 Å². The van der Waals surface area contributed by atoms with Crippen molar-refractivity contribution >= 4 is 28.9 Å². The zero-order chi connectivity index (χ0) is 14.5. The first-order chi connectivity index (χ1) is 9.05. The molecule has 19 heavy (non-hydrogen) atoms. The molecule has 1 unspecified atom stereocenters. The van der Waals surface area contributed by atoms with Gasteiger partial charge >= 0.3 is 5.97 Å². The highest BCUT2D eigenvalue weighted by molar-refractivity contribution is 7.14. The van der Waals surface area contributed by atoms with Crippen LogP contribution in [-0.2, 0) is 10.5 Å². The first-order valence-corrected chi connectivity index (χ1v) is 6.90. The lowest BCUT2D eigenvalue weighted by Crippen LogP contribution is -2.32. The number of carboxylic acids is 1. The Hall–Kier alpha value is -1.46. The zero-order valence-electron chi connectivity index (χ0n) is 10.4. The predicted octanol–water partition coefficient (Wildman–Crippen LogP) is 4.12. The predicted molar refractivity (Wildman–Crippen MR) is 74.4 cm³/mol.